The standard InChI is InChI=1S/C10H10N2O/c1-11-10(13)8-5-7-12-6-3-2-4-9(8)12/h2-7H,1H3,(H,11,13). The van der Waals surface area contributed by atoms with Crippen molar-refractivity contribution in [2.75, 3.05) is 7.05 Å². The molecular formula is C10H10N2O. The molecule has 13 heavy (non-hydrogen) atoms. The molecule has 0 aromatic carbocycles. The third-order valence-corrected chi connectivity index (χ3v) is 2.04. The van der Waals surface area contributed by atoms with E-state index < -0.39 is 0 Å². The van der Waals surface area contributed by atoms with Gasteiger partial charge in [0, 0.05) is 19.4 Å². The van der Waals surface area contributed by atoms with E-state index in [4.69, 9.17) is 0 Å². The van der Waals surface area contributed by atoms with Gasteiger partial charge in [-0.25, -0.2) is 0 Å². The van der Waals surface area contributed by atoms with Crippen molar-refractivity contribution < 1.29 is 4.79 Å². The maximum Gasteiger partial charge on any atom is 0.253 e. The second-order valence-electron chi connectivity index (χ2n) is 2.80. The van der Waals surface area contributed by atoms with E-state index in [1.807, 2.05) is 41.1 Å². The number of carbonyl (C=O) groups excluding carboxylic acids is 1. The average Bonchev–Trinajstić information content (AvgIpc) is 2.60. The molecule has 0 bridgehead atoms. The highest BCUT2D eigenvalue weighted by Crippen LogP contribution is 2.11. The second-order valence-corrected chi connectivity index (χ2v) is 2.80. The molecule has 1 N–H and O–H groups in total. The van der Waals surface area contributed by atoms with Gasteiger partial charge in [0.05, 0.1) is 11.1 Å². The molecule has 0 aliphatic rings. The SMILES string of the molecule is CNC(=O)c1ccn2ccccc12. The minimum atomic E-state index is -0.0475. The molecule has 66 valence electrons. The van der Waals surface area contributed by atoms with E-state index in [-0.39, 0.29) is 5.91 Å². The van der Waals surface area contributed by atoms with Gasteiger partial charge in [-0.05, 0) is 18.2 Å². The van der Waals surface area contributed by atoms with Crippen LogP contribution >= 0.6 is 0 Å². The summed E-state index contributed by atoms with van der Waals surface area (Å²) in [7, 11) is 1.63. The highest BCUT2D eigenvalue weighted by atomic mass is 16.1. The summed E-state index contributed by atoms with van der Waals surface area (Å²) in [6.45, 7) is 0. The molecule has 3 nitrogen and oxygen atoms in total. The molecule has 0 spiro atoms. The van der Waals surface area contributed by atoms with Crippen LogP contribution in [0, 0.1) is 0 Å². The minimum absolute atomic E-state index is 0.0475. The molecule has 0 radical (unpaired) electrons. The summed E-state index contributed by atoms with van der Waals surface area (Å²) in [4.78, 5) is 11.4. The normalized spacial score (nSPS) is 10.2. The van der Waals surface area contributed by atoms with Crippen LogP contribution in [0.3, 0.4) is 0 Å². The largest absolute Gasteiger partial charge is 0.355 e. The number of carbonyl (C=O) groups is 1. The number of aromatic nitrogens is 1. The van der Waals surface area contributed by atoms with Crippen LogP contribution in [-0.2, 0) is 0 Å². The molecule has 3 heteroatoms. The molecule has 0 aliphatic carbocycles. The van der Waals surface area contributed by atoms with Crippen LogP contribution in [0.25, 0.3) is 5.52 Å². The lowest BCUT2D eigenvalue weighted by Gasteiger charge is -1.97. The Kier molecular flexibility index (Phi) is 1.77. The summed E-state index contributed by atoms with van der Waals surface area (Å²) < 4.78 is 1.92. The summed E-state index contributed by atoms with van der Waals surface area (Å²) in [6.07, 6.45) is 3.79. The summed E-state index contributed by atoms with van der Waals surface area (Å²) in [6, 6.07) is 7.58. The number of fused-ring (bicyclic) bond motifs is 1. The minimum Gasteiger partial charge on any atom is -0.355 e. The van der Waals surface area contributed by atoms with Gasteiger partial charge in [-0.15, -0.1) is 0 Å². The molecule has 2 aromatic heterocycles. The maximum absolute atomic E-state index is 11.4. The second kappa shape index (κ2) is 2.94. The molecule has 0 atom stereocenters. The quantitative estimate of drug-likeness (QED) is 0.694. The van der Waals surface area contributed by atoms with Crippen molar-refractivity contribution in [1.29, 1.82) is 0 Å². The van der Waals surface area contributed by atoms with E-state index in [9.17, 15) is 4.79 Å². The van der Waals surface area contributed by atoms with Gasteiger partial charge in [-0.1, -0.05) is 6.07 Å². The Morgan fingerprint density at radius 2 is 2.15 bits per heavy atom. The summed E-state index contributed by atoms with van der Waals surface area (Å²) in [5, 5.41) is 2.61. The molecule has 0 aliphatic heterocycles. The van der Waals surface area contributed by atoms with Crippen molar-refractivity contribution in [3.8, 4) is 0 Å². The number of hydrogen-bond acceptors (Lipinski definition) is 1. The number of hydrogen-bond donors (Lipinski definition) is 1. The predicted molar refractivity (Wildman–Crippen MR) is 50.8 cm³/mol. The highest BCUT2D eigenvalue weighted by Gasteiger charge is 2.07. The maximum atomic E-state index is 11.4. The Morgan fingerprint density at radius 3 is 2.92 bits per heavy atom. The Balaban J connectivity index is 2.64. The van der Waals surface area contributed by atoms with Crippen LogP contribution in [0.4, 0.5) is 0 Å². The number of nitrogens with zero attached hydrogens (tertiary/aromatic N) is 1. The van der Waals surface area contributed by atoms with Gasteiger partial charge in [0.25, 0.3) is 5.91 Å². The van der Waals surface area contributed by atoms with Gasteiger partial charge in [-0.2, -0.15) is 0 Å². The van der Waals surface area contributed by atoms with Crippen LogP contribution in [0.15, 0.2) is 36.7 Å². The first-order chi connectivity index (χ1) is 6.33. The number of amides is 1. The van der Waals surface area contributed by atoms with Crippen LogP contribution < -0.4 is 5.32 Å². The van der Waals surface area contributed by atoms with E-state index in [0.29, 0.717) is 5.56 Å². The molecule has 0 fully saturated rings. The monoisotopic (exact) mass is 174 g/mol. The predicted octanol–water partition coefficient (Wildman–Crippen LogP) is 1.30. The van der Waals surface area contributed by atoms with Crippen molar-refractivity contribution >= 4 is 11.4 Å². The van der Waals surface area contributed by atoms with Crippen molar-refractivity contribution in [3.63, 3.8) is 0 Å². The molecule has 2 rings (SSSR count). The topological polar surface area (TPSA) is 33.5 Å². The van der Waals surface area contributed by atoms with Crippen LogP contribution in [0.5, 0.6) is 0 Å². The number of nitrogens with one attached hydrogen (secondary N) is 1. The van der Waals surface area contributed by atoms with Crippen LogP contribution in [-0.4, -0.2) is 17.4 Å². The fourth-order valence-electron chi connectivity index (χ4n) is 1.38. The lowest BCUT2D eigenvalue weighted by molar-refractivity contribution is 0.0965. The van der Waals surface area contributed by atoms with Gasteiger partial charge >= 0.3 is 0 Å². The fraction of sp³-hybridized carbons (Fsp3) is 0.100. The lowest BCUT2D eigenvalue weighted by atomic mass is 10.2. The average molecular weight is 174 g/mol. The zero-order valence-electron chi connectivity index (χ0n) is 7.32. The molecule has 2 aromatic rings. The zero-order valence-corrected chi connectivity index (χ0v) is 7.32. The molecule has 2 heterocycles. The summed E-state index contributed by atoms with van der Waals surface area (Å²) >= 11 is 0. The first-order valence-corrected chi connectivity index (χ1v) is 4.10. The van der Waals surface area contributed by atoms with Gasteiger partial charge in [-0.3, -0.25) is 4.79 Å². The lowest BCUT2D eigenvalue weighted by Crippen LogP contribution is -2.17. The van der Waals surface area contributed by atoms with Crippen molar-refractivity contribution in [3.05, 3.63) is 42.2 Å². The highest BCUT2D eigenvalue weighted by molar-refractivity contribution is 6.00. The van der Waals surface area contributed by atoms with Gasteiger partial charge in [0.15, 0.2) is 0 Å². The van der Waals surface area contributed by atoms with Crippen LogP contribution in [0.2, 0.25) is 0 Å². The van der Waals surface area contributed by atoms with Gasteiger partial charge in [0.1, 0.15) is 0 Å². The Bertz CT molecular complexity index is 445. The van der Waals surface area contributed by atoms with Crippen molar-refractivity contribution in [1.82, 2.24) is 9.72 Å². The first-order valence-electron chi connectivity index (χ1n) is 4.10. The Hall–Kier alpha value is -1.77. The van der Waals surface area contributed by atoms with E-state index in [0.717, 1.165) is 5.52 Å². The molecule has 0 saturated heterocycles. The first kappa shape index (κ1) is 7.86. The summed E-state index contributed by atoms with van der Waals surface area (Å²) in [5.74, 6) is -0.0475. The fourth-order valence-corrected chi connectivity index (χ4v) is 1.38. The third-order valence-electron chi connectivity index (χ3n) is 2.04. The molecule has 0 saturated carbocycles. The third kappa shape index (κ3) is 1.18. The molecule has 1 amide bonds. The van der Waals surface area contributed by atoms with E-state index >= 15 is 0 Å². The smallest absolute Gasteiger partial charge is 0.253 e. The van der Waals surface area contributed by atoms with E-state index in [1.54, 1.807) is 7.05 Å². The summed E-state index contributed by atoms with van der Waals surface area (Å²) in [5.41, 5.74) is 1.64. The number of pyridine rings is 1. The van der Waals surface area contributed by atoms with E-state index in [1.165, 1.54) is 0 Å². The number of rotatable bonds is 1. The molecular weight excluding hydrogens is 164 g/mol. The van der Waals surface area contributed by atoms with Crippen molar-refractivity contribution in [2.24, 2.45) is 0 Å². The Morgan fingerprint density at radius 1 is 1.31 bits per heavy atom. The Labute approximate surface area is 76.0 Å². The van der Waals surface area contributed by atoms with E-state index in [2.05, 4.69) is 5.32 Å². The van der Waals surface area contributed by atoms with Gasteiger partial charge in [0.2, 0.25) is 0 Å². The van der Waals surface area contributed by atoms with Crippen molar-refractivity contribution in [2.45, 2.75) is 0 Å². The molecule has 0 unspecified atom stereocenters. The zero-order chi connectivity index (χ0) is 9.26. The van der Waals surface area contributed by atoms with Crippen LogP contribution in [0.1, 0.15) is 10.4 Å². The van der Waals surface area contributed by atoms with Gasteiger partial charge < -0.3 is 9.72 Å².